The summed E-state index contributed by atoms with van der Waals surface area (Å²) in [5, 5.41) is 4.14. The summed E-state index contributed by atoms with van der Waals surface area (Å²) in [5.74, 6) is 3.80. The summed E-state index contributed by atoms with van der Waals surface area (Å²) in [6, 6.07) is 5.93. The zero-order valence-corrected chi connectivity index (χ0v) is 12.1. The molecule has 1 heterocycles. The van der Waals surface area contributed by atoms with Gasteiger partial charge in [-0.1, -0.05) is 15.9 Å². The standard InChI is InChI=1S/C11H15BrN2S2/c12-8-1-2-10(13)11(5-8)14-6-9-7-15-3-4-16-9/h1-2,5,9,14H,3-4,6-7,13H2. The molecule has 1 unspecified atom stereocenters. The molecule has 0 aromatic heterocycles. The molecule has 0 aliphatic carbocycles. The highest BCUT2D eigenvalue weighted by atomic mass is 79.9. The van der Waals surface area contributed by atoms with E-state index in [2.05, 4.69) is 33.0 Å². The van der Waals surface area contributed by atoms with Crippen LogP contribution < -0.4 is 11.1 Å². The summed E-state index contributed by atoms with van der Waals surface area (Å²) in [6.07, 6.45) is 0. The van der Waals surface area contributed by atoms with Gasteiger partial charge in [-0.2, -0.15) is 23.5 Å². The van der Waals surface area contributed by atoms with Crippen molar-refractivity contribution < 1.29 is 0 Å². The minimum Gasteiger partial charge on any atom is -0.397 e. The summed E-state index contributed by atoms with van der Waals surface area (Å²) >= 11 is 7.56. The fourth-order valence-electron chi connectivity index (χ4n) is 1.56. The second-order valence-electron chi connectivity index (χ2n) is 3.68. The van der Waals surface area contributed by atoms with Gasteiger partial charge in [-0.15, -0.1) is 0 Å². The molecule has 0 spiro atoms. The predicted molar refractivity (Wildman–Crippen MR) is 80.6 cm³/mol. The van der Waals surface area contributed by atoms with E-state index < -0.39 is 0 Å². The highest BCUT2D eigenvalue weighted by Gasteiger charge is 2.14. The smallest absolute Gasteiger partial charge is 0.0585 e. The molecule has 1 saturated heterocycles. The Hall–Kier alpha value is -0.000000000000000222. The summed E-state index contributed by atoms with van der Waals surface area (Å²) in [6.45, 7) is 0.998. The first kappa shape index (κ1) is 12.5. The van der Waals surface area contributed by atoms with Gasteiger partial charge in [0.05, 0.1) is 11.4 Å². The van der Waals surface area contributed by atoms with Gasteiger partial charge in [0.2, 0.25) is 0 Å². The maximum Gasteiger partial charge on any atom is 0.0585 e. The molecule has 2 nitrogen and oxygen atoms in total. The van der Waals surface area contributed by atoms with Crippen LogP contribution in [0.1, 0.15) is 0 Å². The first-order valence-corrected chi connectivity index (χ1v) is 8.23. The average Bonchev–Trinajstić information content (AvgIpc) is 2.32. The maximum atomic E-state index is 5.91. The van der Waals surface area contributed by atoms with Crippen molar-refractivity contribution in [2.45, 2.75) is 5.25 Å². The van der Waals surface area contributed by atoms with Crippen LogP contribution in [0.15, 0.2) is 22.7 Å². The number of nitrogens with two attached hydrogens (primary N) is 1. The number of nitrogen functional groups attached to an aromatic ring is 1. The molecular formula is C11H15BrN2S2. The Kier molecular flexibility index (Phi) is 4.73. The van der Waals surface area contributed by atoms with Crippen molar-refractivity contribution in [3.8, 4) is 0 Å². The van der Waals surface area contributed by atoms with Crippen LogP contribution in [0.25, 0.3) is 0 Å². The Morgan fingerprint density at radius 1 is 1.44 bits per heavy atom. The second kappa shape index (κ2) is 6.07. The van der Waals surface area contributed by atoms with E-state index in [1.165, 1.54) is 17.3 Å². The van der Waals surface area contributed by atoms with Crippen molar-refractivity contribution in [1.82, 2.24) is 0 Å². The molecule has 1 aromatic rings. The number of hydrogen-bond acceptors (Lipinski definition) is 4. The van der Waals surface area contributed by atoms with E-state index in [0.717, 1.165) is 22.4 Å². The number of rotatable bonds is 3. The van der Waals surface area contributed by atoms with E-state index in [4.69, 9.17) is 5.73 Å². The Morgan fingerprint density at radius 2 is 2.31 bits per heavy atom. The van der Waals surface area contributed by atoms with Crippen LogP contribution in [-0.4, -0.2) is 29.1 Å². The highest BCUT2D eigenvalue weighted by molar-refractivity contribution is 9.10. The molecule has 16 heavy (non-hydrogen) atoms. The molecule has 0 bridgehead atoms. The molecule has 3 N–H and O–H groups in total. The Bertz CT molecular complexity index is 354. The number of benzene rings is 1. The van der Waals surface area contributed by atoms with Crippen LogP contribution >= 0.6 is 39.5 Å². The van der Waals surface area contributed by atoms with E-state index >= 15 is 0 Å². The average molecular weight is 319 g/mol. The number of halogens is 1. The van der Waals surface area contributed by atoms with Gasteiger partial charge in [-0.25, -0.2) is 0 Å². The van der Waals surface area contributed by atoms with E-state index in [1.807, 2.05) is 30.0 Å². The van der Waals surface area contributed by atoms with Gasteiger partial charge in [-0.05, 0) is 18.2 Å². The van der Waals surface area contributed by atoms with E-state index in [0.29, 0.717) is 5.25 Å². The molecule has 1 aliphatic heterocycles. The van der Waals surface area contributed by atoms with Crippen molar-refractivity contribution >= 4 is 50.8 Å². The predicted octanol–water partition coefficient (Wildman–Crippen LogP) is 3.29. The summed E-state index contributed by atoms with van der Waals surface area (Å²) in [7, 11) is 0. The van der Waals surface area contributed by atoms with Gasteiger partial charge >= 0.3 is 0 Å². The topological polar surface area (TPSA) is 38.0 Å². The van der Waals surface area contributed by atoms with E-state index in [9.17, 15) is 0 Å². The zero-order valence-electron chi connectivity index (χ0n) is 8.91. The molecule has 1 aromatic carbocycles. The number of nitrogens with one attached hydrogen (secondary N) is 1. The molecule has 0 radical (unpaired) electrons. The lowest BCUT2D eigenvalue weighted by molar-refractivity contribution is 1.01. The van der Waals surface area contributed by atoms with Gasteiger partial charge in [0.25, 0.3) is 0 Å². The van der Waals surface area contributed by atoms with Crippen molar-refractivity contribution in [3.63, 3.8) is 0 Å². The van der Waals surface area contributed by atoms with Gasteiger partial charge in [-0.3, -0.25) is 0 Å². The van der Waals surface area contributed by atoms with E-state index in [-0.39, 0.29) is 0 Å². The maximum absolute atomic E-state index is 5.91. The molecule has 5 heteroatoms. The Labute approximate surface area is 113 Å². The van der Waals surface area contributed by atoms with Crippen molar-refractivity contribution in [2.24, 2.45) is 0 Å². The SMILES string of the molecule is Nc1ccc(Br)cc1NCC1CSCCS1. The first-order valence-electron chi connectivity index (χ1n) is 5.24. The normalized spacial score (nSPS) is 20.7. The first-order chi connectivity index (χ1) is 7.75. The molecular weight excluding hydrogens is 304 g/mol. The molecule has 1 fully saturated rings. The van der Waals surface area contributed by atoms with Crippen molar-refractivity contribution in [1.29, 1.82) is 0 Å². The summed E-state index contributed by atoms with van der Waals surface area (Å²) in [5.41, 5.74) is 7.76. The van der Waals surface area contributed by atoms with Gasteiger partial charge in [0.15, 0.2) is 0 Å². The lowest BCUT2D eigenvalue weighted by Crippen LogP contribution is -2.23. The number of anilines is 2. The third-order valence-corrected chi connectivity index (χ3v) is 5.76. The molecule has 1 aliphatic rings. The fourth-order valence-corrected chi connectivity index (χ4v) is 4.53. The van der Waals surface area contributed by atoms with E-state index in [1.54, 1.807) is 0 Å². The minimum atomic E-state index is 0.706. The monoisotopic (exact) mass is 318 g/mol. The number of hydrogen-bond donors (Lipinski definition) is 2. The van der Waals surface area contributed by atoms with Crippen LogP contribution in [0.4, 0.5) is 11.4 Å². The van der Waals surface area contributed by atoms with Gasteiger partial charge < -0.3 is 11.1 Å². The number of thioether (sulfide) groups is 2. The molecule has 2 rings (SSSR count). The third kappa shape index (κ3) is 3.50. The van der Waals surface area contributed by atoms with Crippen molar-refractivity contribution in [2.75, 3.05) is 34.9 Å². The Morgan fingerprint density at radius 3 is 3.06 bits per heavy atom. The van der Waals surface area contributed by atoms with Gasteiger partial charge in [0, 0.05) is 33.5 Å². The van der Waals surface area contributed by atoms with Crippen LogP contribution in [-0.2, 0) is 0 Å². The summed E-state index contributed by atoms with van der Waals surface area (Å²) < 4.78 is 1.06. The third-order valence-electron chi connectivity index (χ3n) is 2.42. The largest absolute Gasteiger partial charge is 0.397 e. The molecule has 1 atom stereocenters. The lowest BCUT2D eigenvalue weighted by atomic mass is 10.2. The Balaban J connectivity index is 1.90. The fraction of sp³-hybridized carbons (Fsp3) is 0.455. The highest BCUT2D eigenvalue weighted by Crippen LogP contribution is 2.27. The molecule has 0 amide bonds. The zero-order chi connectivity index (χ0) is 11.4. The van der Waals surface area contributed by atoms with Crippen LogP contribution in [0.5, 0.6) is 0 Å². The van der Waals surface area contributed by atoms with Crippen LogP contribution in [0.2, 0.25) is 0 Å². The van der Waals surface area contributed by atoms with Crippen LogP contribution in [0.3, 0.4) is 0 Å². The molecule has 88 valence electrons. The van der Waals surface area contributed by atoms with Crippen LogP contribution in [0, 0.1) is 0 Å². The quantitative estimate of drug-likeness (QED) is 0.839. The second-order valence-corrected chi connectivity index (χ2v) is 7.15. The lowest BCUT2D eigenvalue weighted by Gasteiger charge is -2.22. The molecule has 0 saturated carbocycles. The van der Waals surface area contributed by atoms with Gasteiger partial charge in [0.1, 0.15) is 0 Å². The van der Waals surface area contributed by atoms with Crippen molar-refractivity contribution in [3.05, 3.63) is 22.7 Å². The summed E-state index contributed by atoms with van der Waals surface area (Å²) in [4.78, 5) is 0. The minimum absolute atomic E-state index is 0.706.